The van der Waals surface area contributed by atoms with Crippen molar-refractivity contribution in [1.82, 2.24) is 4.57 Å². The number of benzene rings is 2. The maximum Gasteiger partial charge on any atom is 0.341 e. The summed E-state index contributed by atoms with van der Waals surface area (Å²) in [6, 6.07) is 9.50. The number of anilines is 2. The van der Waals surface area contributed by atoms with Gasteiger partial charge in [-0.25, -0.2) is 13.6 Å². The quantitative estimate of drug-likeness (QED) is 0.511. The topological polar surface area (TPSA) is 115 Å². The number of carboxylic acids is 1. The van der Waals surface area contributed by atoms with Gasteiger partial charge in [-0.05, 0) is 30.9 Å². The second-order valence-corrected chi connectivity index (χ2v) is 8.85. The minimum absolute atomic E-state index is 0.0214. The standard InChI is InChI=1S/C24H24F2N4O3/c25-18-20(28)17-21(30(14-6-7-14)11-16(23(17)31)24(32)33)19(26)22(18)29-9-13(8-27)15(10-29)12-4-2-1-3-5-12/h1-5,11,13-15H,6-10,27-28H2,(H,32,33)/t13-,15+/m1/s1. The average molecular weight is 454 g/mol. The molecule has 33 heavy (non-hydrogen) atoms. The molecule has 172 valence electrons. The zero-order valence-corrected chi connectivity index (χ0v) is 17.8. The molecule has 3 aromatic rings. The fraction of sp³-hybridized carbons (Fsp3) is 0.333. The molecule has 2 aromatic carbocycles. The summed E-state index contributed by atoms with van der Waals surface area (Å²) in [7, 11) is 0. The van der Waals surface area contributed by atoms with Crippen LogP contribution in [0.5, 0.6) is 0 Å². The van der Waals surface area contributed by atoms with Crippen LogP contribution in [-0.2, 0) is 0 Å². The summed E-state index contributed by atoms with van der Waals surface area (Å²) in [6.45, 7) is 1.01. The molecular weight excluding hydrogens is 430 g/mol. The van der Waals surface area contributed by atoms with E-state index in [9.17, 15) is 14.7 Å². The first kappa shape index (κ1) is 21.4. The zero-order valence-electron chi connectivity index (χ0n) is 17.8. The van der Waals surface area contributed by atoms with Crippen LogP contribution in [0.25, 0.3) is 10.9 Å². The van der Waals surface area contributed by atoms with Gasteiger partial charge in [-0.3, -0.25) is 4.79 Å². The highest BCUT2D eigenvalue weighted by Gasteiger charge is 2.38. The Morgan fingerprint density at radius 2 is 1.82 bits per heavy atom. The Kier molecular flexibility index (Phi) is 5.08. The summed E-state index contributed by atoms with van der Waals surface area (Å²) >= 11 is 0. The Morgan fingerprint density at radius 1 is 1.12 bits per heavy atom. The van der Waals surface area contributed by atoms with Crippen LogP contribution in [0.3, 0.4) is 0 Å². The van der Waals surface area contributed by atoms with Gasteiger partial charge >= 0.3 is 5.97 Å². The molecule has 2 fully saturated rings. The van der Waals surface area contributed by atoms with E-state index in [0.29, 0.717) is 32.5 Å². The van der Waals surface area contributed by atoms with Crippen molar-refractivity contribution in [3.8, 4) is 0 Å². The van der Waals surface area contributed by atoms with E-state index in [1.54, 1.807) is 4.90 Å². The highest BCUT2D eigenvalue weighted by Crippen LogP contribution is 2.44. The number of nitrogen functional groups attached to an aromatic ring is 1. The number of rotatable bonds is 5. The summed E-state index contributed by atoms with van der Waals surface area (Å²) in [5, 5.41) is 9.02. The largest absolute Gasteiger partial charge is 0.477 e. The Morgan fingerprint density at radius 3 is 2.42 bits per heavy atom. The second kappa shape index (κ2) is 7.84. The Balaban J connectivity index is 1.70. The van der Waals surface area contributed by atoms with Crippen LogP contribution in [0.2, 0.25) is 0 Å². The summed E-state index contributed by atoms with van der Waals surface area (Å²) in [5.41, 5.74) is 10.5. The van der Waals surface area contributed by atoms with Crippen LogP contribution >= 0.6 is 0 Å². The average Bonchev–Trinajstić information content (AvgIpc) is 3.56. The van der Waals surface area contributed by atoms with E-state index in [2.05, 4.69) is 0 Å². The number of nitrogens with two attached hydrogens (primary N) is 2. The lowest BCUT2D eigenvalue weighted by Gasteiger charge is -2.24. The fourth-order valence-electron chi connectivity index (χ4n) is 4.99. The monoisotopic (exact) mass is 454 g/mol. The van der Waals surface area contributed by atoms with Gasteiger partial charge in [-0.15, -0.1) is 0 Å². The zero-order chi connectivity index (χ0) is 23.4. The number of nitrogens with zero attached hydrogens (tertiary/aromatic N) is 2. The van der Waals surface area contributed by atoms with E-state index < -0.39 is 39.7 Å². The van der Waals surface area contributed by atoms with Gasteiger partial charge in [0.05, 0.1) is 16.6 Å². The first-order chi connectivity index (χ1) is 15.8. The Labute approximate surface area is 188 Å². The van der Waals surface area contributed by atoms with Crippen LogP contribution in [0.1, 0.15) is 40.7 Å². The van der Waals surface area contributed by atoms with Crippen LogP contribution in [0, 0.1) is 17.6 Å². The van der Waals surface area contributed by atoms with E-state index in [1.807, 2.05) is 30.3 Å². The van der Waals surface area contributed by atoms with Gasteiger partial charge in [-0.1, -0.05) is 30.3 Å². The molecule has 0 radical (unpaired) electrons. The number of fused-ring (bicyclic) bond motifs is 1. The molecule has 0 amide bonds. The van der Waals surface area contributed by atoms with Gasteiger partial charge in [-0.2, -0.15) is 0 Å². The maximum absolute atomic E-state index is 16.0. The number of hydrogen-bond acceptors (Lipinski definition) is 5. The lowest BCUT2D eigenvalue weighted by molar-refractivity contribution is 0.0695. The number of halogens is 2. The lowest BCUT2D eigenvalue weighted by atomic mass is 9.89. The van der Waals surface area contributed by atoms with Crippen LogP contribution in [0.4, 0.5) is 20.2 Å². The Bertz CT molecular complexity index is 1320. The minimum Gasteiger partial charge on any atom is -0.477 e. The van der Waals surface area contributed by atoms with Gasteiger partial charge in [0.2, 0.25) is 5.43 Å². The number of aromatic nitrogens is 1. The molecule has 0 spiro atoms. The van der Waals surface area contributed by atoms with E-state index in [-0.39, 0.29) is 29.1 Å². The normalized spacial score (nSPS) is 20.5. The Hall–Kier alpha value is -3.46. The van der Waals surface area contributed by atoms with Crippen molar-refractivity contribution in [3.05, 3.63) is 69.5 Å². The summed E-state index contributed by atoms with van der Waals surface area (Å²) in [6.07, 6.45) is 2.56. The predicted molar refractivity (Wildman–Crippen MR) is 122 cm³/mol. The van der Waals surface area contributed by atoms with Crippen LogP contribution in [-0.4, -0.2) is 35.3 Å². The van der Waals surface area contributed by atoms with Gasteiger partial charge in [0.1, 0.15) is 11.3 Å². The summed E-state index contributed by atoms with van der Waals surface area (Å²) in [4.78, 5) is 26.0. The molecular formula is C24H24F2N4O3. The molecule has 1 aliphatic carbocycles. The third-order valence-electron chi connectivity index (χ3n) is 6.82. The van der Waals surface area contributed by atoms with Crippen molar-refractivity contribution in [1.29, 1.82) is 0 Å². The van der Waals surface area contributed by atoms with Crippen molar-refractivity contribution in [2.24, 2.45) is 11.7 Å². The number of carbonyl (C=O) groups is 1. The molecule has 0 bridgehead atoms. The van der Waals surface area contributed by atoms with Crippen molar-refractivity contribution < 1.29 is 18.7 Å². The number of pyridine rings is 1. The van der Waals surface area contributed by atoms with Crippen LogP contribution < -0.4 is 21.8 Å². The molecule has 1 aliphatic heterocycles. The molecule has 1 saturated carbocycles. The van der Waals surface area contributed by atoms with Gasteiger partial charge in [0, 0.05) is 31.2 Å². The molecule has 5 N–H and O–H groups in total. The number of carboxylic acid groups (broad SMARTS) is 1. The maximum atomic E-state index is 16.0. The fourth-order valence-corrected chi connectivity index (χ4v) is 4.99. The first-order valence-electron chi connectivity index (χ1n) is 10.9. The molecule has 2 atom stereocenters. The molecule has 1 saturated heterocycles. The molecule has 2 aliphatic rings. The molecule has 2 heterocycles. The van der Waals surface area contributed by atoms with E-state index in [4.69, 9.17) is 11.5 Å². The van der Waals surface area contributed by atoms with Crippen molar-refractivity contribution >= 4 is 28.2 Å². The third-order valence-corrected chi connectivity index (χ3v) is 6.82. The minimum atomic E-state index is -1.46. The summed E-state index contributed by atoms with van der Waals surface area (Å²) in [5.74, 6) is -3.46. The van der Waals surface area contributed by atoms with E-state index in [0.717, 1.165) is 11.8 Å². The SMILES string of the molecule is NC[C@@H]1CN(c2c(F)c(N)c3c(=O)c(C(=O)O)cn(C4CC4)c3c2F)C[C@H]1c1ccccc1. The van der Waals surface area contributed by atoms with Gasteiger partial charge in [0.15, 0.2) is 11.6 Å². The first-order valence-corrected chi connectivity index (χ1v) is 10.9. The van der Waals surface area contributed by atoms with Crippen molar-refractivity contribution in [2.75, 3.05) is 30.3 Å². The molecule has 7 nitrogen and oxygen atoms in total. The molecule has 0 unspecified atom stereocenters. The van der Waals surface area contributed by atoms with Crippen molar-refractivity contribution in [2.45, 2.75) is 24.8 Å². The van der Waals surface area contributed by atoms with Gasteiger partial charge < -0.3 is 26.0 Å². The van der Waals surface area contributed by atoms with Crippen LogP contribution in [0.15, 0.2) is 41.3 Å². The molecule has 5 rings (SSSR count). The van der Waals surface area contributed by atoms with E-state index in [1.165, 1.54) is 4.57 Å². The number of hydrogen-bond donors (Lipinski definition) is 3. The highest BCUT2D eigenvalue weighted by atomic mass is 19.1. The van der Waals surface area contributed by atoms with Crippen molar-refractivity contribution in [3.63, 3.8) is 0 Å². The highest BCUT2D eigenvalue weighted by molar-refractivity contribution is 5.99. The van der Waals surface area contributed by atoms with Gasteiger partial charge in [0.25, 0.3) is 0 Å². The summed E-state index contributed by atoms with van der Waals surface area (Å²) < 4.78 is 33.0. The molecule has 9 heteroatoms. The van der Waals surface area contributed by atoms with E-state index >= 15 is 8.78 Å². The smallest absolute Gasteiger partial charge is 0.341 e. The third kappa shape index (κ3) is 3.34. The second-order valence-electron chi connectivity index (χ2n) is 8.85. The number of aromatic carboxylic acids is 1. The predicted octanol–water partition coefficient (Wildman–Crippen LogP) is 3.07. The molecule has 1 aromatic heterocycles. The lowest BCUT2D eigenvalue weighted by Crippen LogP contribution is -2.27.